The highest BCUT2D eigenvalue weighted by Gasteiger charge is 2.62. The molecule has 0 aliphatic rings. The Morgan fingerprint density at radius 1 is 0.714 bits per heavy atom. The normalized spacial score (nSPS) is 12.7. The topological polar surface area (TPSA) is 88.4 Å². The van der Waals surface area contributed by atoms with Gasteiger partial charge in [0.25, 0.3) is 0 Å². The van der Waals surface area contributed by atoms with Gasteiger partial charge in [-0.3, -0.25) is 4.79 Å². The van der Waals surface area contributed by atoms with Crippen LogP contribution in [0.5, 0.6) is 0 Å². The lowest BCUT2D eigenvalue weighted by Crippen LogP contribution is -2.35. The Balaban J connectivity index is 0.000000230. The van der Waals surface area contributed by atoms with E-state index in [1.54, 1.807) is 0 Å². The van der Waals surface area contributed by atoms with Crippen molar-refractivity contribution < 1.29 is 48.7 Å². The van der Waals surface area contributed by atoms with Crippen LogP contribution in [0.3, 0.4) is 0 Å². The molecule has 0 aliphatic carbocycles. The van der Waals surface area contributed by atoms with Crippen molar-refractivity contribution in [3.63, 3.8) is 0 Å². The van der Waals surface area contributed by atoms with Crippen molar-refractivity contribution in [2.45, 2.75) is 24.2 Å². The van der Waals surface area contributed by atoms with E-state index in [1.165, 1.54) is 31.8 Å². The highest BCUT2D eigenvalue weighted by Crippen LogP contribution is 2.46. The van der Waals surface area contributed by atoms with Gasteiger partial charge in [0.05, 0.1) is 26.9 Å². The molecule has 0 saturated heterocycles. The molecule has 0 aliphatic heterocycles. The molecule has 4 heterocycles. The molecule has 0 fully saturated rings. The third kappa shape index (κ3) is 5.88. The van der Waals surface area contributed by atoms with Crippen molar-refractivity contribution in [3.05, 3.63) is 62.8 Å². The molecule has 0 atom stereocenters. The summed E-state index contributed by atoms with van der Waals surface area (Å²) in [6.07, 6.45) is -5.48. The Morgan fingerprint density at radius 2 is 1.07 bits per heavy atom. The molecule has 0 amide bonds. The molecule has 0 unspecified atom stereocenters. The molecule has 0 spiro atoms. The van der Waals surface area contributed by atoms with Gasteiger partial charge in [-0.15, -0.1) is 0 Å². The first-order valence-electron chi connectivity index (χ1n) is 10.7. The van der Waals surface area contributed by atoms with Crippen molar-refractivity contribution >= 4 is 44.2 Å². The van der Waals surface area contributed by atoms with Gasteiger partial charge >= 0.3 is 24.2 Å². The lowest BCUT2D eigenvalue weighted by Gasteiger charge is -2.18. The highest BCUT2D eigenvalue weighted by atomic mass is 79.9. The van der Waals surface area contributed by atoms with E-state index in [0.717, 1.165) is 31.9 Å². The molecule has 0 bridgehead atoms. The number of aryl methyl sites for hydroxylation is 2. The summed E-state index contributed by atoms with van der Waals surface area (Å²) in [6.45, 7) is 3.29. The first kappa shape index (κ1) is 33.0. The van der Waals surface area contributed by atoms with E-state index in [1.807, 2.05) is 0 Å². The first-order valence-corrected chi connectivity index (χ1v) is 12.3. The lowest BCUT2D eigenvalue weighted by atomic mass is 10.1. The van der Waals surface area contributed by atoms with Crippen LogP contribution in [-0.2, 0) is 25.9 Å². The number of alkyl halides is 10. The number of aromatic nitrogens is 8. The Kier molecular flexibility index (Phi) is 8.89. The van der Waals surface area contributed by atoms with Gasteiger partial charge in [0, 0.05) is 32.1 Å². The van der Waals surface area contributed by atoms with Gasteiger partial charge < -0.3 is 0 Å². The number of halogens is 12. The third-order valence-electron chi connectivity index (χ3n) is 5.27. The smallest absolute Gasteiger partial charge is 0.298 e. The quantitative estimate of drug-likeness (QED) is 0.166. The van der Waals surface area contributed by atoms with Gasteiger partial charge in [0.1, 0.15) is 0 Å². The number of hydrogen-bond acceptors (Lipinski definition) is 5. The zero-order chi connectivity index (χ0) is 32.0. The fourth-order valence-corrected chi connectivity index (χ4v) is 4.04. The van der Waals surface area contributed by atoms with Gasteiger partial charge in [-0.1, -0.05) is 12.7 Å². The van der Waals surface area contributed by atoms with Crippen LogP contribution < -0.4 is 0 Å². The number of carbonyl (C=O) groups excluding carboxylic acids is 1. The molecule has 9 nitrogen and oxygen atoms in total. The van der Waals surface area contributed by atoms with E-state index in [-0.39, 0.29) is 17.9 Å². The van der Waals surface area contributed by atoms with E-state index < -0.39 is 46.7 Å². The van der Waals surface area contributed by atoms with Gasteiger partial charge in [-0.2, -0.15) is 64.3 Å². The monoisotopic (exact) mass is 742 g/mol. The number of rotatable bonds is 6. The molecular formula is C21H14Br2F10N8O. The number of carbonyl (C=O) groups is 1. The average molecular weight is 744 g/mol. The predicted octanol–water partition coefficient (Wildman–Crippen LogP) is 6.50. The maximum Gasteiger partial charge on any atom is 0.459 e. The molecule has 0 radical (unpaired) electrons. The molecule has 0 N–H and O–H groups in total. The molecular weight excluding hydrogens is 730 g/mol. The molecule has 0 saturated carbocycles. The molecule has 4 aromatic heterocycles. The summed E-state index contributed by atoms with van der Waals surface area (Å²) in [6, 6.07) is 0. The second-order valence-corrected chi connectivity index (χ2v) is 9.92. The van der Waals surface area contributed by atoms with Gasteiger partial charge in [-0.25, -0.2) is 18.7 Å². The summed E-state index contributed by atoms with van der Waals surface area (Å²) >= 11 is 6.16. The summed E-state index contributed by atoms with van der Waals surface area (Å²) in [4.78, 5) is 11.0. The van der Waals surface area contributed by atoms with Crippen molar-refractivity contribution in [2.24, 2.45) is 14.1 Å². The highest BCUT2D eigenvalue weighted by molar-refractivity contribution is 9.10. The summed E-state index contributed by atoms with van der Waals surface area (Å²) in [5, 5.41) is 14.0. The Morgan fingerprint density at radius 3 is 1.36 bits per heavy atom. The zero-order valence-corrected chi connectivity index (χ0v) is 23.9. The van der Waals surface area contributed by atoms with E-state index in [4.69, 9.17) is 0 Å². The predicted molar refractivity (Wildman–Crippen MR) is 131 cm³/mol. The van der Waals surface area contributed by atoms with Gasteiger partial charge in [0.2, 0.25) is 0 Å². The number of aldehydes is 1. The summed E-state index contributed by atoms with van der Waals surface area (Å²) in [5.41, 5.74) is -4.38. The van der Waals surface area contributed by atoms with Crippen LogP contribution in [0, 0.1) is 0 Å². The Hall–Kier alpha value is -3.49. The maximum atomic E-state index is 13.5. The largest absolute Gasteiger partial charge is 0.459 e. The van der Waals surface area contributed by atoms with Crippen LogP contribution in [0.2, 0.25) is 0 Å². The van der Waals surface area contributed by atoms with Crippen molar-refractivity contribution in [1.82, 2.24) is 39.1 Å². The van der Waals surface area contributed by atoms with E-state index in [9.17, 15) is 48.7 Å². The van der Waals surface area contributed by atoms with Crippen LogP contribution in [0.15, 0.2) is 40.3 Å². The molecule has 4 aromatic rings. The van der Waals surface area contributed by atoms with Crippen LogP contribution in [0.4, 0.5) is 43.9 Å². The average Bonchev–Trinajstić information content (AvgIpc) is 3.63. The van der Waals surface area contributed by atoms with Crippen molar-refractivity contribution in [1.29, 1.82) is 0 Å². The second-order valence-electron chi connectivity index (χ2n) is 8.09. The minimum absolute atomic E-state index is 0.0466. The Labute approximate surface area is 244 Å². The third-order valence-corrected chi connectivity index (χ3v) is 6.09. The molecule has 4 rings (SSSR count). The van der Waals surface area contributed by atoms with Crippen molar-refractivity contribution in [2.75, 3.05) is 0 Å². The lowest BCUT2D eigenvalue weighted by molar-refractivity contribution is -0.291. The van der Waals surface area contributed by atoms with Gasteiger partial charge in [-0.05, 0) is 31.9 Å². The van der Waals surface area contributed by atoms with Crippen LogP contribution in [0.1, 0.15) is 27.3 Å². The maximum absolute atomic E-state index is 13.5. The minimum atomic E-state index is -5.86. The molecule has 0 aromatic carbocycles. The van der Waals surface area contributed by atoms with Gasteiger partial charge in [0.15, 0.2) is 29.3 Å². The second kappa shape index (κ2) is 11.3. The fourth-order valence-electron chi connectivity index (χ4n) is 3.47. The standard InChI is InChI=1S/C11H8BrF5N4.C10H6BrF5N4O/c1-3-7-8(10(13,14)11(15,16)17)19-20(2)9(7)21-5-6(12)4-18-21;1-19-8(20-3-5(11)2-17-20)6(4-21)7(18-19)9(12,13)10(14,15)16/h3-5H,1H2,2H3;2-4H,1H3. The molecule has 21 heteroatoms. The summed E-state index contributed by atoms with van der Waals surface area (Å²) < 4.78 is 134. The van der Waals surface area contributed by atoms with Crippen molar-refractivity contribution in [3.8, 4) is 11.6 Å². The molecule has 228 valence electrons. The SMILES string of the molecule is C=Cc1c(C(F)(F)C(F)(F)F)nn(C)c1-n1cc(Br)cn1.Cn1nc(C(F)(F)C(F)(F)F)c(C=O)c1-n1cc(Br)cn1. The van der Waals surface area contributed by atoms with E-state index in [2.05, 4.69) is 58.8 Å². The number of nitrogens with zero attached hydrogens (tertiary/aromatic N) is 8. The Bertz CT molecular complexity index is 1500. The van der Waals surface area contributed by atoms with Crippen LogP contribution in [-0.4, -0.2) is 57.8 Å². The fraction of sp³-hybridized carbons (Fsp3) is 0.286. The zero-order valence-electron chi connectivity index (χ0n) is 20.7. The minimum Gasteiger partial charge on any atom is -0.298 e. The van der Waals surface area contributed by atoms with E-state index >= 15 is 0 Å². The summed E-state index contributed by atoms with van der Waals surface area (Å²) in [7, 11) is 2.38. The first-order chi connectivity index (χ1) is 19.2. The van der Waals surface area contributed by atoms with E-state index in [0.29, 0.717) is 8.95 Å². The van der Waals surface area contributed by atoms with Crippen LogP contribution >= 0.6 is 31.9 Å². The summed E-state index contributed by atoms with van der Waals surface area (Å²) in [5.74, 6) is -10.7. The molecule has 42 heavy (non-hydrogen) atoms. The van der Waals surface area contributed by atoms with Crippen LogP contribution in [0.25, 0.3) is 17.7 Å². The number of hydrogen-bond donors (Lipinski definition) is 0.